The number of carbonyl (C=O) groups is 1. The van der Waals surface area contributed by atoms with Gasteiger partial charge < -0.3 is 9.84 Å². The number of alkyl halides is 3. The number of nitrogens with zero attached hydrogens (tertiary/aromatic N) is 1. The average Bonchev–Trinajstić information content (AvgIpc) is 2.88. The Bertz CT molecular complexity index is 1130. The van der Waals surface area contributed by atoms with Gasteiger partial charge in [0.25, 0.3) is 0 Å². The molecule has 2 unspecified atom stereocenters. The first-order valence-corrected chi connectivity index (χ1v) is 14.5. The molecule has 1 aliphatic carbocycles. The van der Waals surface area contributed by atoms with Crippen LogP contribution in [0.4, 0.5) is 13.2 Å². The van der Waals surface area contributed by atoms with Gasteiger partial charge in [0.15, 0.2) is 0 Å². The van der Waals surface area contributed by atoms with Crippen LogP contribution in [0.5, 0.6) is 5.75 Å². The maximum absolute atomic E-state index is 14.4. The molecule has 2 aliphatic heterocycles. The number of hydrogen-bond donors (Lipinski definition) is 1. The van der Waals surface area contributed by atoms with Crippen molar-refractivity contribution in [1.82, 2.24) is 4.90 Å². The second kappa shape index (κ2) is 11.1. The summed E-state index contributed by atoms with van der Waals surface area (Å²) in [5.74, 6) is -0.431. The van der Waals surface area contributed by atoms with Crippen LogP contribution in [0.2, 0.25) is 0 Å². The van der Waals surface area contributed by atoms with Gasteiger partial charge in [-0.15, -0.1) is 0 Å². The Kier molecular flexibility index (Phi) is 7.95. The van der Waals surface area contributed by atoms with Gasteiger partial charge >= 0.3 is 12.1 Å². The Morgan fingerprint density at radius 2 is 1.71 bits per heavy atom. The van der Waals surface area contributed by atoms with Crippen LogP contribution in [-0.4, -0.2) is 34.2 Å². The molecule has 3 atom stereocenters. The molecule has 1 saturated carbocycles. The van der Waals surface area contributed by atoms with Gasteiger partial charge in [0.05, 0.1) is 12.0 Å². The molecule has 2 bridgehead atoms. The second-order valence-corrected chi connectivity index (χ2v) is 11.7. The molecular weight excluding hydrogens is 491 g/mol. The van der Waals surface area contributed by atoms with Crippen LogP contribution < -0.4 is 4.74 Å². The standard InChI is InChI=1S/C31H40F3NO3/c1-3-19-8-12-25(13-9-19)38-28-15-11-20-16-21(10-14-26(20)29(28)31(32,33)34)27(4-2)35-23-6-5-7-24(35)18-22(17-23)30(36)37/h10-11,14-16,19,22-25,27H,3-9,12-13,17-18H2,1-2H3,(H,36,37)/t19?,22?,23?,24?,25?,27-/m1/s1. The third-order valence-corrected chi connectivity index (χ3v) is 9.47. The predicted molar refractivity (Wildman–Crippen MR) is 142 cm³/mol. The molecule has 5 rings (SSSR count). The zero-order valence-electron chi connectivity index (χ0n) is 22.5. The van der Waals surface area contributed by atoms with E-state index in [0.717, 1.165) is 63.4 Å². The van der Waals surface area contributed by atoms with Crippen molar-refractivity contribution < 1.29 is 27.8 Å². The summed E-state index contributed by atoms with van der Waals surface area (Å²) < 4.78 is 49.2. The number of benzene rings is 2. The van der Waals surface area contributed by atoms with E-state index in [1.54, 1.807) is 12.1 Å². The van der Waals surface area contributed by atoms with Crippen LogP contribution in [-0.2, 0) is 11.0 Å². The van der Waals surface area contributed by atoms with Crippen LogP contribution in [0.25, 0.3) is 10.8 Å². The lowest BCUT2D eigenvalue weighted by Gasteiger charge is -2.51. The van der Waals surface area contributed by atoms with Gasteiger partial charge in [0, 0.05) is 18.1 Å². The van der Waals surface area contributed by atoms with E-state index in [1.807, 2.05) is 12.1 Å². The van der Waals surface area contributed by atoms with Gasteiger partial charge in [-0.05, 0) is 92.2 Å². The number of aliphatic carboxylic acids is 1. The van der Waals surface area contributed by atoms with Crippen molar-refractivity contribution in [3.05, 3.63) is 41.5 Å². The summed E-state index contributed by atoms with van der Waals surface area (Å²) in [5.41, 5.74) is 0.330. The first kappa shape index (κ1) is 27.3. The predicted octanol–water partition coefficient (Wildman–Crippen LogP) is 8.38. The number of hydrogen-bond acceptors (Lipinski definition) is 3. The Balaban J connectivity index is 1.44. The van der Waals surface area contributed by atoms with Crippen molar-refractivity contribution in [3.8, 4) is 5.75 Å². The average molecular weight is 532 g/mol. The number of carboxylic acids is 1. The summed E-state index contributed by atoms with van der Waals surface area (Å²) in [5, 5.41) is 10.4. The fourth-order valence-corrected chi connectivity index (χ4v) is 7.51. The molecule has 0 spiro atoms. The van der Waals surface area contributed by atoms with Gasteiger partial charge in [-0.2, -0.15) is 13.2 Å². The fraction of sp³-hybridized carbons (Fsp3) is 0.645. The number of piperidine rings is 2. The van der Waals surface area contributed by atoms with E-state index in [4.69, 9.17) is 4.74 Å². The summed E-state index contributed by atoms with van der Waals surface area (Å²) in [6.07, 6.45) is 5.19. The first-order chi connectivity index (χ1) is 18.2. The topological polar surface area (TPSA) is 49.8 Å². The van der Waals surface area contributed by atoms with Gasteiger partial charge in [-0.3, -0.25) is 9.69 Å². The minimum atomic E-state index is -4.52. The molecule has 38 heavy (non-hydrogen) atoms. The lowest BCUT2D eigenvalue weighted by molar-refractivity contribution is -0.147. The van der Waals surface area contributed by atoms with Gasteiger partial charge in [-0.25, -0.2) is 0 Å². The maximum atomic E-state index is 14.4. The van der Waals surface area contributed by atoms with Crippen molar-refractivity contribution in [2.75, 3.05) is 0 Å². The third kappa shape index (κ3) is 5.41. The zero-order valence-corrected chi connectivity index (χ0v) is 22.5. The second-order valence-electron chi connectivity index (χ2n) is 11.7. The molecule has 208 valence electrons. The Hall–Kier alpha value is -2.28. The van der Waals surface area contributed by atoms with E-state index in [0.29, 0.717) is 24.1 Å². The van der Waals surface area contributed by atoms with Gasteiger partial charge in [0.1, 0.15) is 11.3 Å². The molecule has 0 amide bonds. The molecule has 0 radical (unpaired) electrons. The monoisotopic (exact) mass is 531 g/mol. The Morgan fingerprint density at radius 3 is 2.29 bits per heavy atom. The fourth-order valence-electron chi connectivity index (χ4n) is 7.51. The molecular formula is C31H40F3NO3. The van der Waals surface area contributed by atoms with E-state index in [2.05, 4.69) is 18.7 Å². The minimum Gasteiger partial charge on any atom is -0.490 e. The third-order valence-electron chi connectivity index (χ3n) is 9.47. The van der Waals surface area contributed by atoms with Gasteiger partial charge in [-0.1, -0.05) is 44.9 Å². The maximum Gasteiger partial charge on any atom is 0.420 e. The highest BCUT2D eigenvalue weighted by molar-refractivity contribution is 5.89. The van der Waals surface area contributed by atoms with Gasteiger partial charge in [0.2, 0.25) is 0 Å². The van der Waals surface area contributed by atoms with Crippen molar-refractivity contribution in [2.45, 2.75) is 115 Å². The molecule has 2 saturated heterocycles. The molecule has 0 aromatic heterocycles. The van der Waals surface area contributed by atoms with Crippen molar-refractivity contribution >= 4 is 16.7 Å². The number of halogens is 3. The number of ether oxygens (including phenoxy) is 1. The minimum absolute atomic E-state index is 0.0588. The van der Waals surface area contributed by atoms with E-state index in [9.17, 15) is 23.1 Å². The first-order valence-electron chi connectivity index (χ1n) is 14.5. The molecule has 2 aromatic carbocycles. The molecule has 2 heterocycles. The van der Waals surface area contributed by atoms with Crippen LogP contribution in [0.1, 0.15) is 102 Å². The number of carboxylic acid groups (broad SMARTS) is 1. The SMILES string of the molecule is CCC1CCC(Oc2ccc3cc([C@@H](CC)N4C5CCCC4CC(C(=O)O)C5)ccc3c2C(F)(F)F)CC1. The van der Waals surface area contributed by atoms with E-state index < -0.39 is 17.7 Å². The summed E-state index contributed by atoms with van der Waals surface area (Å²) >= 11 is 0. The zero-order chi connectivity index (χ0) is 27.0. The molecule has 3 aliphatic rings. The summed E-state index contributed by atoms with van der Waals surface area (Å²) in [7, 11) is 0. The lowest BCUT2D eigenvalue weighted by Crippen LogP contribution is -2.54. The normalized spacial score (nSPS) is 29.2. The van der Waals surface area contributed by atoms with Crippen LogP contribution in [0, 0.1) is 11.8 Å². The summed E-state index contributed by atoms with van der Waals surface area (Å²) in [6.45, 7) is 4.28. The molecule has 3 fully saturated rings. The van der Waals surface area contributed by atoms with E-state index in [1.165, 1.54) is 6.07 Å². The molecule has 2 aromatic rings. The largest absolute Gasteiger partial charge is 0.490 e. The lowest BCUT2D eigenvalue weighted by atomic mass is 9.76. The Labute approximate surface area is 223 Å². The van der Waals surface area contributed by atoms with Crippen LogP contribution in [0.15, 0.2) is 30.3 Å². The highest BCUT2D eigenvalue weighted by Gasteiger charge is 2.44. The molecule has 7 heteroatoms. The van der Waals surface area contributed by atoms with Crippen LogP contribution >= 0.6 is 0 Å². The van der Waals surface area contributed by atoms with Crippen molar-refractivity contribution in [1.29, 1.82) is 0 Å². The van der Waals surface area contributed by atoms with Crippen molar-refractivity contribution in [3.63, 3.8) is 0 Å². The molecule has 4 nitrogen and oxygen atoms in total. The Morgan fingerprint density at radius 1 is 1.03 bits per heavy atom. The highest BCUT2D eigenvalue weighted by Crippen LogP contribution is 2.46. The number of fused-ring (bicyclic) bond motifs is 3. The summed E-state index contributed by atoms with van der Waals surface area (Å²) in [6, 6.07) is 9.12. The smallest absolute Gasteiger partial charge is 0.420 e. The quantitative estimate of drug-likeness (QED) is 0.390. The van der Waals surface area contributed by atoms with E-state index >= 15 is 0 Å². The van der Waals surface area contributed by atoms with Crippen LogP contribution in [0.3, 0.4) is 0 Å². The van der Waals surface area contributed by atoms with Crippen molar-refractivity contribution in [2.24, 2.45) is 11.8 Å². The number of rotatable bonds is 7. The highest BCUT2D eigenvalue weighted by atomic mass is 19.4. The molecule has 1 N–H and O–H groups in total. The summed E-state index contributed by atoms with van der Waals surface area (Å²) in [4.78, 5) is 14.2. The van der Waals surface area contributed by atoms with E-state index in [-0.39, 0.29) is 41.3 Å².